The minimum Gasteiger partial charge on any atom is -0.497 e. The van der Waals surface area contributed by atoms with Gasteiger partial charge in [0.2, 0.25) is 5.91 Å². The van der Waals surface area contributed by atoms with E-state index < -0.39 is 22.0 Å². The standard InChI is InChI=1S/C21H20N2O5S/c1-13(21(24)22-16-11-10-15(27-2)12-18(16)28-3)23-17-8-4-6-14-7-5-9-19(20(14)17)29(23,25)26/h4-13H,1-3H3,(H,22,24). The molecule has 0 aliphatic carbocycles. The number of hydrogen-bond donors (Lipinski definition) is 1. The van der Waals surface area contributed by atoms with Crippen molar-refractivity contribution in [2.75, 3.05) is 23.8 Å². The average molecular weight is 412 g/mol. The molecule has 1 N–H and O–H groups in total. The van der Waals surface area contributed by atoms with Gasteiger partial charge in [0.05, 0.1) is 30.5 Å². The van der Waals surface area contributed by atoms with Crippen molar-refractivity contribution >= 4 is 38.1 Å². The molecule has 0 radical (unpaired) electrons. The zero-order valence-electron chi connectivity index (χ0n) is 16.2. The van der Waals surface area contributed by atoms with Crippen molar-refractivity contribution in [2.24, 2.45) is 0 Å². The zero-order valence-corrected chi connectivity index (χ0v) is 17.0. The SMILES string of the molecule is COc1ccc(NC(=O)C(C)N2c3cccc4cccc(c34)S2(=O)=O)c(OC)c1. The molecule has 3 aromatic carbocycles. The average Bonchev–Trinajstić information content (AvgIpc) is 2.96. The summed E-state index contributed by atoms with van der Waals surface area (Å²) in [5.74, 6) is 0.526. The Hall–Kier alpha value is -3.26. The molecule has 3 aromatic rings. The van der Waals surface area contributed by atoms with Gasteiger partial charge in [0.25, 0.3) is 10.0 Å². The summed E-state index contributed by atoms with van der Waals surface area (Å²) in [6, 6.07) is 14.5. The molecular formula is C21H20N2O5S. The lowest BCUT2D eigenvalue weighted by molar-refractivity contribution is -0.116. The summed E-state index contributed by atoms with van der Waals surface area (Å²) < 4.78 is 38.0. The van der Waals surface area contributed by atoms with Gasteiger partial charge in [0, 0.05) is 11.5 Å². The number of amides is 1. The molecule has 1 amide bonds. The Labute approximate surface area is 168 Å². The zero-order chi connectivity index (χ0) is 20.8. The maximum atomic E-state index is 13.2. The second kappa shape index (κ2) is 6.97. The Balaban J connectivity index is 1.70. The van der Waals surface area contributed by atoms with Gasteiger partial charge in [-0.25, -0.2) is 8.42 Å². The van der Waals surface area contributed by atoms with E-state index in [0.717, 1.165) is 5.39 Å². The van der Waals surface area contributed by atoms with E-state index in [4.69, 9.17) is 9.47 Å². The van der Waals surface area contributed by atoms with Gasteiger partial charge in [-0.15, -0.1) is 0 Å². The Morgan fingerprint density at radius 3 is 2.45 bits per heavy atom. The number of nitrogens with one attached hydrogen (secondary N) is 1. The lowest BCUT2D eigenvalue weighted by atomic mass is 10.1. The van der Waals surface area contributed by atoms with Crippen LogP contribution in [0.5, 0.6) is 11.5 Å². The van der Waals surface area contributed by atoms with E-state index >= 15 is 0 Å². The van der Waals surface area contributed by atoms with Crippen LogP contribution in [0, 0.1) is 0 Å². The first-order valence-electron chi connectivity index (χ1n) is 8.97. The number of sulfonamides is 1. The van der Waals surface area contributed by atoms with Gasteiger partial charge in [0.15, 0.2) is 0 Å². The molecule has 7 nitrogen and oxygen atoms in total. The number of methoxy groups -OCH3 is 2. The van der Waals surface area contributed by atoms with Gasteiger partial charge >= 0.3 is 0 Å². The summed E-state index contributed by atoms with van der Waals surface area (Å²) in [5, 5.41) is 4.21. The van der Waals surface area contributed by atoms with E-state index in [9.17, 15) is 13.2 Å². The number of rotatable bonds is 5. The Bertz CT molecular complexity index is 1220. The Morgan fingerprint density at radius 1 is 1.03 bits per heavy atom. The van der Waals surface area contributed by atoms with E-state index in [-0.39, 0.29) is 4.90 Å². The fraction of sp³-hybridized carbons (Fsp3) is 0.190. The largest absolute Gasteiger partial charge is 0.497 e. The van der Waals surface area contributed by atoms with Crippen LogP contribution in [0.3, 0.4) is 0 Å². The van der Waals surface area contributed by atoms with Crippen molar-refractivity contribution in [2.45, 2.75) is 17.9 Å². The molecule has 1 atom stereocenters. The van der Waals surface area contributed by atoms with Gasteiger partial charge in [0.1, 0.15) is 17.5 Å². The minimum atomic E-state index is -3.84. The van der Waals surface area contributed by atoms with E-state index in [1.54, 1.807) is 49.4 Å². The summed E-state index contributed by atoms with van der Waals surface area (Å²) in [6.45, 7) is 1.56. The maximum Gasteiger partial charge on any atom is 0.265 e. The van der Waals surface area contributed by atoms with Gasteiger partial charge < -0.3 is 14.8 Å². The first kappa shape index (κ1) is 19.1. The van der Waals surface area contributed by atoms with Gasteiger partial charge in [-0.05, 0) is 36.6 Å². The molecule has 150 valence electrons. The molecule has 0 aromatic heterocycles. The van der Waals surface area contributed by atoms with Crippen LogP contribution in [0.15, 0.2) is 59.5 Å². The molecule has 0 bridgehead atoms. The molecule has 0 saturated carbocycles. The van der Waals surface area contributed by atoms with Crippen molar-refractivity contribution in [1.29, 1.82) is 0 Å². The number of ether oxygens (including phenoxy) is 2. The highest BCUT2D eigenvalue weighted by Gasteiger charge is 2.40. The topological polar surface area (TPSA) is 84.9 Å². The predicted octanol–water partition coefficient (Wildman–Crippen LogP) is 3.39. The highest BCUT2D eigenvalue weighted by molar-refractivity contribution is 7.93. The highest BCUT2D eigenvalue weighted by Crippen LogP contribution is 2.43. The summed E-state index contributed by atoms with van der Waals surface area (Å²) in [4.78, 5) is 13.2. The third-order valence-electron chi connectivity index (χ3n) is 5.02. The van der Waals surface area contributed by atoms with Crippen molar-refractivity contribution in [3.05, 3.63) is 54.6 Å². The van der Waals surface area contributed by atoms with Gasteiger partial charge in [-0.3, -0.25) is 9.10 Å². The van der Waals surface area contributed by atoms with Crippen LogP contribution in [-0.2, 0) is 14.8 Å². The Kier molecular flexibility index (Phi) is 4.58. The van der Waals surface area contributed by atoms with Crippen LogP contribution >= 0.6 is 0 Å². The van der Waals surface area contributed by atoms with E-state index in [2.05, 4.69) is 5.32 Å². The minimum absolute atomic E-state index is 0.215. The predicted molar refractivity (Wildman–Crippen MR) is 111 cm³/mol. The number of carbonyl (C=O) groups is 1. The van der Waals surface area contributed by atoms with Crippen molar-refractivity contribution in [3.63, 3.8) is 0 Å². The van der Waals surface area contributed by atoms with Crippen LogP contribution < -0.4 is 19.1 Å². The lowest BCUT2D eigenvalue weighted by Gasteiger charge is -2.25. The number of carbonyl (C=O) groups excluding carboxylic acids is 1. The van der Waals surface area contributed by atoms with Crippen molar-refractivity contribution < 1.29 is 22.7 Å². The molecule has 1 aliphatic rings. The highest BCUT2D eigenvalue weighted by atomic mass is 32.2. The van der Waals surface area contributed by atoms with E-state index in [1.165, 1.54) is 18.5 Å². The summed E-state index contributed by atoms with van der Waals surface area (Å²) in [7, 11) is -0.824. The van der Waals surface area contributed by atoms with Crippen LogP contribution in [0.25, 0.3) is 10.8 Å². The van der Waals surface area contributed by atoms with Crippen LogP contribution in [0.4, 0.5) is 11.4 Å². The first-order chi connectivity index (χ1) is 13.9. The molecule has 0 saturated heterocycles. The van der Waals surface area contributed by atoms with Crippen LogP contribution in [0.2, 0.25) is 0 Å². The molecule has 4 rings (SSSR count). The number of hydrogen-bond acceptors (Lipinski definition) is 5. The van der Waals surface area contributed by atoms with Gasteiger partial charge in [-0.1, -0.05) is 24.3 Å². The maximum absolute atomic E-state index is 13.2. The molecule has 1 heterocycles. The quantitative estimate of drug-likeness (QED) is 0.694. The third-order valence-corrected chi connectivity index (χ3v) is 6.94. The number of nitrogens with zero attached hydrogens (tertiary/aromatic N) is 1. The molecule has 1 unspecified atom stereocenters. The van der Waals surface area contributed by atoms with Crippen LogP contribution in [-0.4, -0.2) is 34.6 Å². The smallest absolute Gasteiger partial charge is 0.265 e. The summed E-state index contributed by atoms with van der Waals surface area (Å²) in [6.07, 6.45) is 0. The molecule has 1 aliphatic heterocycles. The van der Waals surface area contributed by atoms with E-state index in [0.29, 0.717) is 28.3 Å². The molecular weight excluding hydrogens is 392 g/mol. The molecule has 0 fully saturated rings. The number of benzene rings is 3. The Morgan fingerprint density at radius 2 is 1.76 bits per heavy atom. The normalized spacial score (nSPS) is 15.2. The van der Waals surface area contributed by atoms with Crippen LogP contribution in [0.1, 0.15) is 6.92 Å². The second-order valence-electron chi connectivity index (χ2n) is 6.66. The van der Waals surface area contributed by atoms with Crippen molar-refractivity contribution in [3.8, 4) is 11.5 Å². The number of anilines is 2. The monoisotopic (exact) mass is 412 g/mol. The summed E-state index contributed by atoms with van der Waals surface area (Å²) >= 11 is 0. The third kappa shape index (κ3) is 2.96. The molecule has 0 spiro atoms. The second-order valence-corrected chi connectivity index (χ2v) is 8.45. The molecule has 8 heteroatoms. The summed E-state index contributed by atoms with van der Waals surface area (Å²) in [5.41, 5.74) is 0.930. The fourth-order valence-electron chi connectivity index (χ4n) is 3.58. The lowest BCUT2D eigenvalue weighted by Crippen LogP contribution is -2.44. The fourth-order valence-corrected chi connectivity index (χ4v) is 5.45. The van der Waals surface area contributed by atoms with E-state index in [1.807, 2.05) is 12.1 Å². The van der Waals surface area contributed by atoms with Gasteiger partial charge in [-0.2, -0.15) is 0 Å². The first-order valence-corrected chi connectivity index (χ1v) is 10.4. The van der Waals surface area contributed by atoms with Crippen molar-refractivity contribution in [1.82, 2.24) is 0 Å². The molecule has 29 heavy (non-hydrogen) atoms.